The Balaban J connectivity index is 0.000000158. The van der Waals surface area contributed by atoms with Crippen molar-refractivity contribution in [2.24, 2.45) is 34.1 Å². The zero-order chi connectivity index (χ0) is 88.1. The number of pyridine rings is 1. The number of benzene rings is 10. The van der Waals surface area contributed by atoms with E-state index in [0.717, 1.165) is 67.2 Å². The summed E-state index contributed by atoms with van der Waals surface area (Å²) in [6.07, 6.45) is 0.420. The number of nitrogens with zero attached hydrogens (tertiary/aromatic N) is 7. The summed E-state index contributed by atoms with van der Waals surface area (Å²) >= 11 is 0. The molecule has 0 unspecified atom stereocenters. The minimum absolute atomic E-state index is 0.122. The summed E-state index contributed by atoms with van der Waals surface area (Å²) in [6, 6.07) is 76.3. The van der Waals surface area contributed by atoms with Crippen LogP contribution in [0, 0.1) is 40.5 Å². The predicted molar refractivity (Wildman–Crippen MR) is 478 cm³/mol. The van der Waals surface area contributed by atoms with E-state index in [1.54, 1.807) is 12.1 Å². The Labute approximate surface area is 684 Å². The first-order valence-electron chi connectivity index (χ1n) is 44.5. The molecule has 4 aromatic heterocycles. The average molecular weight is 1500 g/mol. The fourth-order valence-electron chi connectivity index (χ4n) is 16.1. The molecule has 7 heteroatoms. The second-order valence-electron chi connectivity index (χ2n) is 33.3. The van der Waals surface area contributed by atoms with Crippen molar-refractivity contribution < 1.29 is 29.2 Å². The number of aryl methyl sites for hydroxylation is 9. The SMILES string of the molecule is Cc1ccccc1-c1n(-c2c(C(C)C)cc(C(C)C)cc2C(C)C)c2ccccc2[n+]1C.Cc1ccccc1-c1n(-c2c(C(C)C)cccc2C(C)C)c2ccccc2[n+]1C.[2H]C(C)(C)c1cc(C([2H])(C)C)c(-n2c(-c3ccccc3C)[n+](C)c3ccccc32)c(C([2H])(C)C)c1.[2H]C([2H])([2H])c1ccc(-c2ccc(C([2H])([2H])C(C)C)c[n+]2C)c(C)c1. The van der Waals surface area contributed by atoms with Crippen LogP contribution < -0.4 is 18.3 Å². The second kappa shape index (κ2) is 35.2. The highest BCUT2D eigenvalue weighted by Crippen LogP contribution is 2.43. The highest BCUT2D eigenvalue weighted by Gasteiger charge is 2.36. The molecule has 14 rings (SSSR count). The molecule has 0 atom stereocenters. The molecule has 0 radical (unpaired) electrons. The molecule has 7 nitrogen and oxygen atoms in total. The molecule has 0 amide bonds. The number of aromatic nitrogens is 7. The van der Waals surface area contributed by atoms with Crippen LogP contribution in [0.1, 0.15) is 261 Å². The lowest BCUT2D eigenvalue weighted by molar-refractivity contribution is -0.660. The molecule has 112 heavy (non-hydrogen) atoms. The summed E-state index contributed by atoms with van der Waals surface area (Å²) in [5.41, 5.74) is 31.4. The molecule has 0 spiro atoms. The third-order valence-corrected chi connectivity index (χ3v) is 22.2. The molecule has 580 valence electrons. The van der Waals surface area contributed by atoms with Gasteiger partial charge in [-0.15, -0.1) is 0 Å². The van der Waals surface area contributed by atoms with E-state index in [2.05, 4.69) is 296 Å². The summed E-state index contributed by atoms with van der Waals surface area (Å²) in [5.74, 6) is 2.89. The van der Waals surface area contributed by atoms with Gasteiger partial charge in [-0.05, 0) is 194 Å². The molecule has 0 aliphatic carbocycles. The Morgan fingerprint density at radius 1 is 0.330 bits per heavy atom. The number of rotatable bonds is 17. The summed E-state index contributed by atoms with van der Waals surface area (Å²) in [6.45, 7) is 44.4. The van der Waals surface area contributed by atoms with Crippen molar-refractivity contribution in [3.05, 3.63) is 302 Å². The molecule has 0 N–H and O–H groups in total. The van der Waals surface area contributed by atoms with Crippen LogP contribution in [0.3, 0.4) is 0 Å². The third-order valence-electron chi connectivity index (χ3n) is 22.2. The van der Waals surface area contributed by atoms with Crippen molar-refractivity contribution in [3.63, 3.8) is 0 Å². The zero-order valence-corrected chi connectivity index (χ0v) is 72.0. The van der Waals surface area contributed by atoms with Gasteiger partial charge in [0, 0.05) is 61.5 Å². The lowest BCUT2D eigenvalue weighted by Crippen LogP contribution is -2.31. The van der Waals surface area contributed by atoms with Gasteiger partial charge in [-0.2, -0.15) is 13.7 Å². The number of hydrogen-bond acceptors (Lipinski definition) is 0. The van der Waals surface area contributed by atoms with Gasteiger partial charge in [-0.25, -0.2) is 18.3 Å². The molecular formula is C105H129N7+4. The lowest BCUT2D eigenvalue weighted by atomic mass is 9.87. The maximum atomic E-state index is 9.16. The molecule has 14 aromatic rings. The van der Waals surface area contributed by atoms with E-state index in [1.165, 1.54) is 95.2 Å². The molecular weight excluding hydrogens is 1360 g/mol. The first kappa shape index (κ1) is 72.0. The molecule has 0 bridgehead atoms. The van der Waals surface area contributed by atoms with Gasteiger partial charge in [0.25, 0.3) is 17.5 Å². The molecule has 0 aliphatic rings. The van der Waals surface area contributed by atoms with Crippen molar-refractivity contribution in [2.75, 3.05) is 0 Å². The maximum absolute atomic E-state index is 9.16. The van der Waals surface area contributed by atoms with Crippen molar-refractivity contribution in [1.29, 1.82) is 0 Å². The van der Waals surface area contributed by atoms with Crippen LogP contribution in [-0.2, 0) is 34.6 Å². The third kappa shape index (κ3) is 16.9. The molecule has 10 aromatic carbocycles. The van der Waals surface area contributed by atoms with Gasteiger partial charge in [0.2, 0.25) is 5.69 Å². The van der Waals surface area contributed by atoms with E-state index < -0.39 is 30.9 Å². The van der Waals surface area contributed by atoms with Crippen LogP contribution in [0.15, 0.2) is 225 Å². The van der Waals surface area contributed by atoms with Gasteiger partial charge in [0.1, 0.15) is 24.1 Å². The fourth-order valence-corrected chi connectivity index (χ4v) is 16.1. The van der Waals surface area contributed by atoms with Gasteiger partial charge >= 0.3 is 0 Å². The fraction of sp³-hybridized carbons (Fsp3) is 0.352. The van der Waals surface area contributed by atoms with Crippen molar-refractivity contribution in [2.45, 2.75) is 213 Å². The normalized spacial score (nSPS) is 13.3. The second-order valence-corrected chi connectivity index (χ2v) is 33.3. The van der Waals surface area contributed by atoms with Crippen molar-refractivity contribution >= 4 is 33.1 Å². The average Bonchev–Trinajstić information content (AvgIpc) is 1.48. The minimum atomic E-state index is -2.11. The van der Waals surface area contributed by atoms with Crippen LogP contribution in [0.2, 0.25) is 0 Å². The monoisotopic (exact) mass is 1500 g/mol. The maximum Gasteiger partial charge on any atom is 0.295 e. The Hall–Kier alpha value is -10.2. The summed E-state index contributed by atoms with van der Waals surface area (Å²) in [4.78, 5) is 0. The summed E-state index contributed by atoms with van der Waals surface area (Å²) in [5, 5.41) is 0. The van der Waals surface area contributed by atoms with Crippen LogP contribution in [0.4, 0.5) is 0 Å². The number of para-hydroxylation sites is 7. The Morgan fingerprint density at radius 2 is 0.688 bits per heavy atom. The van der Waals surface area contributed by atoms with Gasteiger partial charge < -0.3 is 0 Å². The largest absolute Gasteiger partial charge is 0.295 e. The predicted octanol–water partition coefficient (Wildman–Crippen LogP) is 26.3. The molecule has 0 fully saturated rings. The van der Waals surface area contributed by atoms with Gasteiger partial charge in [0.15, 0.2) is 39.3 Å². The lowest BCUT2D eigenvalue weighted by Gasteiger charge is -2.21. The zero-order valence-electron chi connectivity index (χ0n) is 80.0. The Bertz CT molecular complexity index is 5980. The molecule has 0 aliphatic heterocycles. The first-order valence-corrected chi connectivity index (χ1v) is 40.5. The van der Waals surface area contributed by atoms with Gasteiger partial charge in [-0.3, -0.25) is 0 Å². The van der Waals surface area contributed by atoms with E-state index in [9.17, 15) is 0 Å². The minimum Gasteiger partial charge on any atom is -0.225 e. The number of fused-ring (bicyclic) bond motifs is 3. The molecule has 0 saturated heterocycles. The Kier molecular flexibility index (Phi) is 22.6. The smallest absolute Gasteiger partial charge is 0.225 e. The number of hydrogen-bond donors (Lipinski definition) is 0. The summed E-state index contributed by atoms with van der Waals surface area (Å²) < 4.78 is 82.1. The van der Waals surface area contributed by atoms with Gasteiger partial charge in [0.05, 0.1) is 37.8 Å². The van der Waals surface area contributed by atoms with E-state index in [1.807, 2.05) is 129 Å². The first-order chi connectivity index (χ1) is 56.2. The summed E-state index contributed by atoms with van der Waals surface area (Å²) in [7, 11) is 8.35. The van der Waals surface area contributed by atoms with E-state index >= 15 is 0 Å². The highest BCUT2D eigenvalue weighted by molar-refractivity contribution is 5.84. The van der Waals surface area contributed by atoms with Crippen LogP contribution >= 0.6 is 0 Å². The molecule has 4 heterocycles. The standard InChI is InChI=1S/2C30H37N2.C27H31N2.C18H24N/c2*1-19(2)23-17-25(20(3)4)29(26(18-23)21(5)6)32-28-16-12-11-15-27(28)31(8)30(32)24-14-10-9-13-22(24)7;1-18(2)21-14-11-15-22(19(3)4)26(21)29-25-17-10-9-16-24(25)28(6)27(29)23-13-8-7-12-20(23)5;1-13(2)10-16-7-9-18(19(5)12-16)17-8-6-14(3)11-15(17)4/h2*9-21H,1-8H3;7-19H,1-6H3;6-9,11-13H,10H2,1-5H3/q4*+1/i19D,20D,21D;;;3D3,10D2. The van der Waals surface area contributed by atoms with Crippen LogP contribution in [-0.4, -0.2) is 13.7 Å². The highest BCUT2D eigenvalue weighted by atomic mass is 15.2. The topological polar surface area (TPSA) is 30.3 Å². The van der Waals surface area contributed by atoms with Crippen LogP contribution in [0.25, 0.3) is 95.6 Å². The van der Waals surface area contributed by atoms with E-state index in [0.29, 0.717) is 40.7 Å². The Morgan fingerprint density at radius 3 is 1.02 bits per heavy atom. The van der Waals surface area contributed by atoms with Crippen molar-refractivity contribution in [3.8, 4) is 62.5 Å². The molecule has 0 saturated carbocycles. The van der Waals surface area contributed by atoms with E-state index in [4.69, 9.17) is 11.0 Å². The van der Waals surface area contributed by atoms with Crippen molar-refractivity contribution in [1.82, 2.24) is 13.7 Å². The van der Waals surface area contributed by atoms with Gasteiger partial charge in [-0.1, -0.05) is 276 Å². The quantitative estimate of drug-likeness (QED) is 0.0814. The number of imidazole rings is 3. The van der Waals surface area contributed by atoms with Crippen LogP contribution in [0.5, 0.6) is 0 Å². The van der Waals surface area contributed by atoms with E-state index in [-0.39, 0.29) is 5.92 Å².